The van der Waals surface area contributed by atoms with Crippen molar-refractivity contribution in [1.82, 2.24) is 4.72 Å². The highest BCUT2D eigenvalue weighted by Gasteiger charge is 2.33. The zero-order chi connectivity index (χ0) is 24.1. The summed E-state index contributed by atoms with van der Waals surface area (Å²) in [4.78, 5) is 0.403. The van der Waals surface area contributed by atoms with Crippen molar-refractivity contribution in [2.24, 2.45) is 5.92 Å². The minimum absolute atomic E-state index is 0.234. The van der Waals surface area contributed by atoms with Gasteiger partial charge in [0.25, 0.3) is 0 Å². The Balaban J connectivity index is 1.84. The summed E-state index contributed by atoms with van der Waals surface area (Å²) in [5.41, 5.74) is 5.79. The molecule has 1 N–H and O–H groups in total. The summed E-state index contributed by atoms with van der Waals surface area (Å²) in [6, 6.07) is 24.0. The first-order chi connectivity index (χ1) is 16.3. The molecule has 0 amide bonds. The minimum Gasteiger partial charge on any atom is -0.207 e. The highest BCUT2D eigenvalue weighted by atomic mass is 32.2. The SMILES string of the molecule is Cc1cc(C)c(S(=O)(=O)NC(/C(=C/c2ccccc2)c2ccccc2)C2CCSCC2)c(C)c1. The topological polar surface area (TPSA) is 46.2 Å². The molecule has 0 bridgehead atoms. The zero-order valence-electron chi connectivity index (χ0n) is 20.1. The Morgan fingerprint density at radius 1 is 0.912 bits per heavy atom. The Morgan fingerprint density at radius 3 is 2.06 bits per heavy atom. The summed E-state index contributed by atoms with van der Waals surface area (Å²) in [7, 11) is -3.73. The van der Waals surface area contributed by atoms with E-state index in [0.717, 1.165) is 57.7 Å². The molecule has 5 heteroatoms. The van der Waals surface area contributed by atoms with Crippen molar-refractivity contribution in [2.45, 2.75) is 44.6 Å². The smallest absolute Gasteiger partial charge is 0.207 e. The van der Waals surface area contributed by atoms with Crippen LogP contribution >= 0.6 is 11.8 Å². The molecule has 3 aromatic carbocycles. The average molecular weight is 492 g/mol. The molecule has 1 unspecified atom stereocenters. The maximum atomic E-state index is 13.9. The van der Waals surface area contributed by atoms with Crippen LogP contribution in [-0.2, 0) is 10.0 Å². The van der Waals surface area contributed by atoms with Crippen LogP contribution in [-0.4, -0.2) is 26.0 Å². The monoisotopic (exact) mass is 491 g/mol. The molecule has 0 aromatic heterocycles. The number of hydrogen-bond donors (Lipinski definition) is 1. The van der Waals surface area contributed by atoms with Gasteiger partial charge in [-0.1, -0.05) is 78.4 Å². The van der Waals surface area contributed by atoms with Crippen LogP contribution in [0.15, 0.2) is 77.7 Å². The van der Waals surface area contributed by atoms with Gasteiger partial charge in [-0.3, -0.25) is 0 Å². The summed E-state index contributed by atoms with van der Waals surface area (Å²) in [6.45, 7) is 5.78. The van der Waals surface area contributed by atoms with E-state index in [9.17, 15) is 8.42 Å². The van der Waals surface area contributed by atoms with Crippen molar-refractivity contribution in [3.63, 3.8) is 0 Å². The van der Waals surface area contributed by atoms with Crippen LogP contribution in [0.2, 0.25) is 0 Å². The fourth-order valence-electron chi connectivity index (χ4n) is 4.99. The van der Waals surface area contributed by atoms with Gasteiger partial charge in [0.1, 0.15) is 0 Å². The van der Waals surface area contributed by atoms with E-state index in [-0.39, 0.29) is 12.0 Å². The molecule has 3 aromatic rings. The van der Waals surface area contributed by atoms with Crippen molar-refractivity contribution < 1.29 is 8.42 Å². The van der Waals surface area contributed by atoms with Crippen molar-refractivity contribution in [2.75, 3.05) is 11.5 Å². The van der Waals surface area contributed by atoms with Crippen LogP contribution in [0, 0.1) is 26.7 Å². The number of nitrogens with one attached hydrogen (secondary N) is 1. The Kier molecular flexibility index (Phi) is 7.97. The first-order valence-electron chi connectivity index (χ1n) is 11.8. The minimum atomic E-state index is -3.73. The third-order valence-corrected chi connectivity index (χ3v) is 9.25. The number of benzene rings is 3. The largest absolute Gasteiger partial charge is 0.241 e. The second-order valence-electron chi connectivity index (χ2n) is 9.15. The third-order valence-electron chi connectivity index (χ3n) is 6.46. The van der Waals surface area contributed by atoms with Gasteiger partial charge in [-0.25, -0.2) is 13.1 Å². The van der Waals surface area contributed by atoms with Crippen LogP contribution in [0.4, 0.5) is 0 Å². The van der Waals surface area contributed by atoms with Gasteiger partial charge in [-0.2, -0.15) is 11.8 Å². The van der Waals surface area contributed by atoms with Crippen LogP contribution in [0.25, 0.3) is 11.6 Å². The summed E-state index contributed by atoms with van der Waals surface area (Å²) in [6.07, 6.45) is 4.13. The van der Waals surface area contributed by atoms with Gasteiger partial charge >= 0.3 is 0 Å². The third kappa shape index (κ3) is 5.83. The molecule has 1 aliphatic heterocycles. The molecule has 1 fully saturated rings. The first-order valence-corrected chi connectivity index (χ1v) is 14.5. The molecule has 1 heterocycles. The van der Waals surface area contributed by atoms with E-state index in [1.54, 1.807) is 0 Å². The summed E-state index contributed by atoms with van der Waals surface area (Å²) in [5.74, 6) is 2.34. The summed E-state index contributed by atoms with van der Waals surface area (Å²) < 4.78 is 31.0. The van der Waals surface area contributed by atoms with E-state index < -0.39 is 10.0 Å². The predicted octanol–water partition coefficient (Wildman–Crippen LogP) is 6.64. The summed E-state index contributed by atoms with van der Waals surface area (Å²) >= 11 is 1.95. The molecule has 0 spiro atoms. The van der Waals surface area contributed by atoms with Gasteiger partial charge < -0.3 is 0 Å². The number of rotatable bonds is 7. The normalized spacial score (nSPS) is 16.4. The second kappa shape index (κ2) is 10.9. The van der Waals surface area contributed by atoms with Crippen LogP contribution < -0.4 is 4.72 Å². The van der Waals surface area contributed by atoms with Crippen molar-refractivity contribution >= 4 is 33.4 Å². The molecule has 1 saturated heterocycles. The standard InChI is InChI=1S/C29H33NO2S2/c1-21-18-22(2)29(23(3)19-21)34(31,32)30-28(26-14-16-33-17-15-26)27(25-12-8-5-9-13-25)20-24-10-6-4-7-11-24/h4-13,18-20,26,28,30H,14-17H2,1-3H3/b27-20+. The van der Waals surface area contributed by atoms with E-state index in [2.05, 4.69) is 35.1 Å². The molecule has 1 aliphatic rings. The van der Waals surface area contributed by atoms with E-state index in [0.29, 0.717) is 4.90 Å². The molecule has 34 heavy (non-hydrogen) atoms. The lowest BCUT2D eigenvalue weighted by molar-refractivity contribution is 0.425. The molecule has 3 nitrogen and oxygen atoms in total. The average Bonchev–Trinajstić information content (AvgIpc) is 2.82. The predicted molar refractivity (Wildman–Crippen MR) is 146 cm³/mol. The van der Waals surface area contributed by atoms with Gasteiger partial charge in [0, 0.05) is 0 Å². The number of sulfonamides is 1. The van der Waals surface area contributed by atoms with Crippen LogP contribution in [0.3, 0.4) is 0 Å². The van der Waals surface area contributed by atoms with Gasteiger partial charge in [0.2, 0.25) is 10.0 Å². The van der Waals surface area contributed by atoms with Crippen LogP contribution in [0.1, 0.15) is 40.7 Å². The molecule has 178 valence electrons. The lowest BCUT2D eigenvalue weighted by Crippen LogP contribution is -2.42. The number of hydrogen-bond acceptors (Lipinski definition) is 3. The lowest BCUT2D eigenvalue weighted by Gasteiger charge is -2.33. The lowest BCUT2D eigenvalue weighted by atomic mass is 9.85. The molecule has 0 saturated carbocycles. The number of thioether (sulfide) groups is 1. The van der Waals surface area contributed by atoms with E-state index in [1.807, 2.05) is 81.1 Å². The van der Waals surface area contributed by atoms with Gasteiger partial charge in [-0.15, -0.1) is 0 Å². The van der Waals surface area contributed by atoms with Crippen molar-refractivity contribution in [1.29, 1.82) is 0 Å². The maximum absolute atomic E-state index is 13.9. The van der Waals surface area contributed by atoms with Gasteiger partial charge in [0.05, 0.1) is 10.9 Å². The fraction of sp³-hybridized carbons (Fsp3) is 0.310. The first kappa shape index (κ1) is 24.8. The summed E-state index contributed by atoms with van der Waals surface area (Å²) in [5, 5.41) is 0. The highest BCUT2D eigenvalue weighted by molar-refractivity contribution is 7.99. The highest BCUT2D eigenvalue weighted by Crippen LogP contribution is 2.35. The Morgan fingerprint density at radius 2 is 1.47 bits per heavy atom. The zero-order valence-corrected chi connectivity index (χ0v) is 21.8. The molecule has 1 atom stereocenters. The van der Waals surface area contributed by atoms with Gasteiger partial charge in [0.15, 0.2) is 0 Å². The molecule has 0 aliphatic carbocycles. The van der Waals surface area contributed by atoms with Gasteiger partial charge in [-0.05, 0) is 84.9 Å². The molecular formula is C29H33NO2S2. The van der Waals surface area contributed by atoms with Crippen LogP contribution in [0.5, 0.6) is 0 Å². The second-order valence-corrected chi connectivity index (χ2v) is 12.0. The Labute approximate surface area is 208 Å². The fourth-order valence-corrected chi connectivity index (χ4v) is 7.87. The molecule has 0 radical (unpaired) electrons. The van der Waals surface area contributed by atoms with E-state index >= 15 is 0 Å². The maximum Gasteiger partial charge on any atom is 0.241 e. The van der Waals surface area contributed by atoms with Crippen molar-refractivity contribution in [3.05, 3.63) is 101 Å². The Bertz CT molecular complexity index is 1220. The molecule has 4 rings (SSSR count). The number of aryl methyl sites for hydroxylation is 3. The van der Waals surface area contributed by atoms with Crippen molar-refractivity contribution in [3.8, 4) is 0 Å². The Hall–Kier alpha value is -2.34. The van der Waals surface area contributed by atoms with E-state index in [1.165, 1.54) is 0 Å². The quantitative estimate of drug-likeness (QED) is 0.377. The van der Waals surface area contributed by atoms with E-state index in [4.69, 9.17) is 0 Å². The molecular weight excluding hydrogens is 458 g/mol.